The average molecular weight is 259 g/mol. The second-order valence-corrected chi connectivity index (χ2v) is 4.70. The third kappa shape index (κ3) is 3.64. The zero-order chi connectivity index (χ0) is 13.5. The van der Waals surface area contributed by atoms with Gasteiger partial charge in [0, 0.05) is 6.54 Å². The van der Waals surface area contributed by atoms with E-state index < -0.39 is 0 Å². The first-order valence-corrected chi connectivity index (χ1v) is 6.91. The molecule has 0 aliphatic carbocycles. The van der Waals surface area contributed by atoms with Gasteiger partial charge in [0.05, 0.1) is 12.3 Å². The Labute approximate surface area is 114 Å². The molecule has 0 spiro atoms. The summed E-state index contributed by atoms with van der Waals surface area (Å²) < 4.78 is 1.94. The maximum atomic E-state index is 9.25. The standard InChI is InChI=1S/C15H21N3O/c1-2-7-15-14(12-19)16-17-18(15)11-6-10-13-8-4-3-5-9-13/h3-5,8-9,19H,2,6-7,10-12H2,1H3. The van der Waals surface area contributed by atoms with E-state index in [1.807, 2.05) is 10.7 Å². The highest BCUT2D eigenvalue weighted by Gasteiger charge is 2.10. The molecule has 0 saturated carbocycles. The maximum absolute atomic E-state index is 9.25. The molecule has 4 nitrogen and oxygen atoms in total. The molecule has 1 aromatic carbocycles. The van der Waals surface area contributed by atoms with Gasteiger partial charge in [-0.1, -0.05) is 48.9 Å². The largest absolute Gasteiger partial charge is 0.390 e. The molecule has 0 amide bonds. The predicted octanol–water partition coefficient (Wildman–Crippen LogP) is 2.36. The van der Waals surface area contributed by atoms with Crippen LogP contribution in [0, 0.1) is 0 Å². The number of nitrogens with zero attached hydrogens (tertiary/aromatic N) is 3. The zero-order valence-corrected chi connectivity index (χ0v) is 11.4. The van der Waals surface area contributed by atoms with Crippen molar-refractivity contribution < 1.29 is 5.11 Å². The zero-order valence-electron chi connectivity index (χ0n) is 11.4. The molecule has 0 radical (unpaired) electrons. The molecule has 0 unspecified atom stereocenters. The number of hydrogen-bond acceptors (Lipinski definition) is 3. The summed E-state index contributed by atoms with van der Waals surface area (Å²) in [5.41, 5.74) is 3.15. The molecule has 1 aromatic heterocycles. The van der Waals surface area contributed by atoms with E-state index in [-0.39, 0.29) is 6.61 Å². The van der Waals surface area contributed by atoms with Crippen LogP contribution in [0.1, 0.15) is 36.7 Å². The van der Waals surface area contributed by atoms with Gasteiger partial charge in [-0.25, -0.2) is 4.68 Å². The van der Waals surface area contributed by atoms with E-state index in [1.54, 1.807) is 0 Å². The summed E-state index contributed by atoms with van der Waals surface area (Å²) in [5.74, 6) is 0. The van der Waals surface area contributed by atoms with Crippen LogP contribution in [0.4, 0.5) is 0 Å². The van der Waals surface area contributed by atoms with Crippen molar-refractivity contribution in [2.45, 2.75) is 45.8 Å². The van der Waals surface area contributed by atoms with Crippen LogP contribution < -0.4 is 0 Å². The van der Waals surface area contributed by atoms with Crippen molar-refractivity contribution in [3.8, 4) is 0 Å². The molecular formula is C15H21N3O. The number of aryl methyl sites for hydroxylation is 2. The van der Waals surface area contributed by atoms with Crippen LogP contribution in [0.5, 0.6) is 0 Å². The lowest BCUT2D eigenvalue weighted by atomic mass is 10.1. The van der Waals surface area contributed by atoms with Crippen LogP contribution in [0.2, 0.25) is 0 Å². The molecule has 0 bridgehead atoms. The fourth-order valence-electron chi connectivity index (χ4n) is 2.26. The summed E-state index contributed by atoms with van der Waals surface area (Å²) in [4.78, 5) is 0. The summed E-state index contributed by atoms with van der Waals surface area (Å²) >= 11 is 0. The summed E-state index contributed by atoms with van der Waals surface area (Å²) in [6, 6.07) is 10.5. The summed E-state index contributed by atoms with van der Waals surface area (Å²) in [6.45, 7) is 2.97. The fraction of sp³-hybridized carbons (Fsp3) is 0.467. The third-order valence-corrected chi connectivity index (χ3v) is 3.23. The van der Waals surface area contributed by atoms with E-state index in [2.05, 4.69) is 41.5 Å². The molecule has 0 atom stereocenters. The highest BCUT2D eigenvalue weighted by atomic mass is 16.3. The van der Waals surface area contributed by atoms with Gasteiger partial charge in [-0.3, -0.25) is 0 Å². The molecule has 0 fully saturated rings. The Bertz CT molecular complexity index is 493. The highest BCUT2D eigenvalue weighted by molar-refractivity contribution is 5.14. The second-order valence-electron chi connectivity index (χ2n) is 4.70. The first kappa shape index (κ1) is 13.7. The second kappa shape index (κ2) is 7.04. The van der Waals surface area contributed by atoms with Gasteiger partial charge in [0.15, 0.2) is 0 Å². The van der Waals surface area contributed by atoms with E-state index in [0.717, 1.165) is 43.6 Å². The molecule has 0 aliphatic rings. The Balaban J connectivity index is 1.94. The van der Waals surface area contributed by atoms with Crippen molar-refractivity contribution in [2.24, 2.45) is 0 Å². The Hall–Kier alpha value is -1.68. The topological polar surface area (TPSA) is 50.9 Å². The number of aliphatic hydroxyl groups is 1. The number of benzene rings is 1. The van der Waals surface area contributed by atoms with Gasteiger partial charge in [0.25, 0.3) is 0 Å². The molecule has 0 aliphatic heterocycles. The van der Waals surface area contributed by atoms with Crippen molar-refractivity contribution in [2.75, 3.05) is 0 Å². The Morgan fingerprint density at radius 3 is 2.63 bits per heavy atom. The summed E-state index contributed by atoms with van der Waals surface area (Å²) in [5, 5.41) is 17.4. The van der Waals surface area contributed by atoms with Crippen LogP contribution in [0.15, 0.2) is 30.3 Å². The van der Waals surface area contributed by atoms with Crippen molar-refractivity contribution in [3.63, 3.8) is 0 Å². The van der Waals surface area contributed by atoms with E-state index >= 15 is 0 Å². The minimum Gasteiger partial charge on any atom is -0.390 e. The SMILES string of the molecule is CCCc1c(CO)nnn1CCCc1ccccc1. The van der Waals surface area contributed by atoms with Crippen molar-refractivity contribution in [1.29, 1.82) is 0 Å². The van der Waals surface area contributed by atoms with Crippen LogP contribution in [0.25, 0.3) is 0 Å². The molecule has 2 aromatic rings. The fourth-order valence-corrected chi connectivity index (χ4v) is 2.26. The summed E-state index contributed by atoms with van der Waals surface area (Å²) in [6.07, 6.45) is 4.04. The van der Waals surface area contributed by atoms with Gasteiger partial charge in [-0.2, -0.15) is 0 Å². The highest BCUT2D eigenvalue weighted by Crippen LogP contribution is 2.10. The lowest BCUT2D eigenvalue weighted by molar-refractivity contribution is 0.275. The van der Waals surface area contributed by atoms with Crippen molar-refractivity contribution in [1.82, 2.24) is 15.0 Å². The van der Waals surface area contributed by atoms with E-state index in [0.29, 0.717) is 0 Å². The van der Waals surface area contributed by atoms with E-state index in [1.165, 1.54) is 5.56 Å². The van der Waals surface area contributed by atoms with Gasteiger partial charge < -0.3 is 5.11 Å². The van der Waals surface area contributed by atoms with Crippen LogP contribution in [0.3, 0.4) is 0 Å². The predicted molar refractivity (Wildman–Crippen MR) is 74.7 cm³/mol. The van der Waals surface area contributed by atoms with Crippen LogP contribution >= 0.6 is 0 Å². The smallest absolute Gasteiger partial charge is 0.111 e. The van der Waals surface area contributed by atoms with Gasteiger partial charge >= 0.3 is 0 Å². The first-order chi connectivity index (χ1) is 9.35. The lowest BCUT2D eigenvalue weighted by Crippen LogP contribution is -2.07. The Kier molecular flexibility index (Phi) is 5.10. The normalized spacial score (nSPS) is 10.8. The molecule has 19 heavy (non-hydrogen) atoms. The molecule has 1 heterocycles. The first-order valence-electron chi connectivity index (χ1n) is 6.91. The molecule has 0 saturated heterocycles. The van der Waals surface area contributed by atoms with Crippen molar-refractivity contribution >= 4 is 0 Å². The van der Waals surface area contributed by atoms with Crippen molar-refractivity contribution in [3.05, 3.63) is 47.3 Å². The minimum atomic E-state index is -0.0198. The quantitative estimate of drug-likeness (QED) is 0.830. The number of aromatic nitrogens is 3. The third-order valence-electron chi connectivity index (χ3n) is 3.23. The van der Waals surface area contributed by atoms with Crippen LogP contribution in [-0.2, 0) is 26.0 Å². The molecule has 4 heteroatoms. The van der Waals surface area contributed by atoms with Gasteiger partial charge in [-0.15, -0.1) is 5.10 Å². The number of aliphatic hydroxyl groups excluding tert-OH is 1. The Morgan fingerprint density at radius 1 is 1.16 bits per heavy atom. The van der Waals surface area contributed by atoms with E-state index in [9.17, 15) is 5.11 Å². The van der Waals surface area contributed by atoms with Gasteiger partial charge in [-0.05, 0) is 24.8 Å². The van der Waals surface area contributed by atoms with Gasteiger partial charge in [0.2, 0.25) is 0 Å². The number of hydrogen-bond donors (Lipinski definition) is 1. The monoisotopic (exact) mass is 259 g/mol. The van der Waals surface area contributed by atoms with Crippen LogP contribution in [-0.4, -0.2) is 20.1 Å². The van der Waals surface area contributed by atoms with Gasteiger partial charge in [0.1, 0.15) is 5.69 Å². The van der Waals surface area contributed by atoms with E-state index in [4.69, 9.17) is 0 Å². The minimum absolute atomic E-state index is 0.0198. The molecule has 2 rings (SSSR count). The molecular weight excluding hydrogens is 238 g/mol. The Morgan fingerprint density at radius 2 is 1.95 bits per heavy atom. The molecule has 102 valence electrons. The lowest BCUT2D eigenvalue weighted by Gasteiger charge is -2.06. The summed E-state index contributed by atoms with van der Waals surface area (Å²) in [7, 11) is 0. The molecule has 1 N–H and O–H groups in total. The maximum Gasteiger partial charge on any atom is 0.111 e. The average Bonchev–Trinajstić information content (AvgIpc) is 2.83. The number of rotatable bonds is 7.